The van der Waals surface area contributed by atoms with E-state index in [2.05, 4.69) is 24.4 Å². The van der Waals surface area contributed by atoms with Crippen molar-refractivity contribution < 1.29 is 14.3 Å². The topological polar surface area (TPSA) is 47.6 Å². The Hall–Kier alpha value is -1.55. The van der Waals surface area contributed by atoms with Gasteiger partial charge in [-0.15, -0.1) is 0 Å². The maximum atomic E-state index is 12.1. The van der Waals surface area contributed by atoms with Crippen LogP contribution in [0.4, 0.5) is 4.79 Å². The predicted octanol–water partition coefficient (Wildman–Crippen LogP) is 5.31. The van der Waals surface area contributed by atoms with E-state index in [1.165, 1.54) is 24.8 Å². The smallest absolute Gasteiger partial charge is 0.407 e. The largest absolute Gasteiger partial charge is 0.444 e. The molecule has 146 valence electrons. The first-order valence-corrected chi connectivity index (χ1v) is 9.89. The van der Waals surface area contributed by atoms with Crippen LogP contribution in [0.15, 0.2) is 30.3 Å². The summed E-state index contributed by atoms with van der Waals surface area (Å²) in [7, 11) is 0. The Morgan fingerprint density at radius 2 is 1.81 bits per heavy atom. The summed E-state index contributed by atoms with van der Waals surface area (Å²) in [6.45, 7) is 9.95. The van der Waals surface area contributed by atoms with Crippen LogP contribution < -0.4 is 5.32 Å². The van der Waals surface area contributed by atoms with E-state index in [-0.39, 0.29) is 11.5 Å². The fourth-order valence-electron chi connectivity index (χ4n) is 3.77. The van der Waals surface area contributed by atoms with E-state index >= 15 is 0 Å². The minimum absolute atomic E-state index is 0.103. The molecule has 4 heteroatoms. The molecule has 4 nitrogen and oxygen atoms in total. The zero-order valence-corrected chi connectivity index (χ0v) is 16.8. The first-order valence-electron chi connectivity index (χ1n) is 9.89. The number of hydrogen-bond acceptors (Lipinski definition) is 3. The van der Waals surface area contributed by atoms with Crippen molar-refractivity contribution in [1.82, 2.24) is 5.32 Å². The van der Waals surface area contributed by atoms with Crippen LogP contribution in [0.2, 0.25) is 0 Å². The highest BCUT2D eigenvalue weighted by atomic mass is 16.6. The molecule has 1 amide bonds. The molecule has 1 aliphatic carbocycles. The van der Waals surface area contributed by atoms with Crippen LogP contribution in [0.5, 0.6) is 0 Å². The van der Waals surface area contributed by atoms with Gasteiger partial charge in [-0.25, -0.2) is 4.79 Å². The molecule has 1 unspecified atom stereocenters. The average molecular weight is 362 g/mol. The molecule has 0 saturated heterocycles. The minimum Gasteiger partial charge on any atom is -0.444 e. The number of amides is 1. The molecule has 0 bridgehead atoms. The molecule has 1 N–H and O–H groups in total. The Bertz CT molecular complexity index is 544. The summed E-state index contributed by atoms with van der Waals surface area (Å²) < 4.78 is 11.4. The van der Waals surface area contributed by atoms with Crippen LogP contribution in [-0.4, -0.2) is 24.8 Å². The molecule has 1 aromatic carbocycles. The normalized spacial score (nSPS) is 18.2. The monoisotopic (exact) mass is 361 g/mol. The molecule has 1 aromatic rings. The Morgan fingerprint density at radius 3 is 2.42 bits per heavy atom. The van der Waals surface area contributed by atoms with Crippen LogP contribution in [0.3, 0.4) is 0 Å². The second kappa shape index (κ2) is 9.40. The molecule has 1 atom stereocenters. The zero-order valence-electron chi connectivity index (χ0n) is 16.8. The number of carbonyl (C=O) groups excluding carboxylic acids is 1. The Labute approximate surface area is 158 Å². The number of alkyl carbamates (subject to hydrolysis) is 1. The van der Waals surface area contributed by atoms with Gasteiger partial charge in [0.05, 0.1) is 13.2 Å². The number of benzene rings is 1. The Kier molecular flexibility index (Phi) is 7.51. The SMILES string of the molecule is CC(COCc1ccccc1)C1(CNC(=O)OC(C)(C)C)CCCCC1. The molecule has 0 radical (unpaired) electrons. The molecule has 0 spiro atoms. The third kappa shape index (κ3) is 6.64. The van der Waals surface area contributed by atoms with Gasteiger partial charge in [-0.2, -0.15) is 0 Å². The van der Waals surface area contributed by atoms with Gasteiger partial charge in [0.15, 0.2) is 0 Å². The quantitative estimate of drug-likeness (QED) is 0.715. The Morgan fingerprint density at radius 1 is 1.15 bits per heavy atom. The number of hydrogen-bond donors (Lipinski definition) is 1. The molecule has 2 rings (SSSR count). The van der Waals surface area contributed by atoms with Crippen molar-refractivity contribution in [3.8, 4) is 0 Å². The summed E-state index contributed by atoms with van der Waals surface area (Å²) in [6, 6.07) is 10.3. The van der Waals surface area contributed by atoms with Crippen molar-refractivity contribution >= 4 is 6.09 Å². The fourth-order valence-corrected chi connectivity index (χ4v) is 3.77. The molecule has 0 aromatic heterocycles. The lowest BCUT2D eigenvalue weighted by Crippen LogP contribution is -2.45. The second-order valence-corrected chi connectivity index (χ2v) is 8.68. The standard InChI is InChI=1S/C22H35NO3/c1-18(15-25-16-19-11-7-5-8-12-19)22(13-9-6-10-14-22)17-23-20(24)26-21(2,3)4/h5,7-8,11-12,18H,6,9-10,13-17H2,1-4H3,(H,23,24). The maximum Gasteiger partial charge on any atom is 0.407 e. The summed E-state index contributed by atoms with van der Waals surface area (Å²) in [5, 5.41) is 3.02. The Balaban J connectivity index is 1.88. The van der Waals surface area contributed by atoms with Gasteiger partial charge in [0.1, 0.15) is 5.60 Å². The fraction of sp³-hybridized carbons (Fsp3) is 0.682. The van der Waals surface area contributed by atoms with Crippen LogP contribution >= 0.6 is 0 Å². The number of rotatable bonds is 7. The molecule has 0 aliphatic heterocycles. The van der Waals surface area contributed by atoms with Gasteiger partial charge < -0.3 is 14.8 Å². The highest BCUT2D eigenvalue weighted by molar-refractivity contribution is 5.67. The highest BCUT2D eigenvalue weighted by Gasteiger charge is 2.38. The maximum absolute atomic E-state index is 12.1. The van der Waals surface area contributed by atoms with Crippen molar-refractivity contribution in [1.29, 1.82) is 0 Å². The van der Waals surface area contributed by atoms with E-state index in [9.17, 15) is 4.79 Å². The lowest BCUT2D eigenvalue weighted by Gasteiger charge is -2.42. The lowest BCUT2D eigenvalue weighted by atomic mass is 9.66. The van der Waals surface area contributed by atoms with Crippen molar-refractivity contribution in [2.75, 3.05) is 13.2 Å². The van der Waals surface area contributed by atoms with E-state index in [1.807, 2.05) is 39.0 Å². The third-order valence-electron chi connectivity index (χ3n) is 5.36. The van der Waals surface area contributed by atoms with Crippen molar-refractivity contribution in [2.45, 2.75) is 72.0 Å². The number of ether oxygens (including phenoxy) is 2. The van der Waals surface area contributed by atoms with Crippen LogP contribution in [0, 0.1) is 11.3 Å². The van der Waals surface area contributed by atoms with Gasteiger partial charge in [-0.1, -0.05) is 56.5 Å². The minimum atomic E-state index is -0.464. The average Bonchev–Trinajstić information content (AvgIpc) is 2.60. The van der Waals surface area contributed by atoms with Crippen molar-refractivity contribution in [3.05, 3.63) is 35.9 Å². The van der Waals surface area contributed by atoms with Gasteiger partial charge in [0, 0.05) is 6.54 Å². The van der Waals surface area contributed by atoms with Crippen LogP contribution in [0.25, 0.3) is 0 Å². The molecule has 26 heavy (non-hydrogen) atoms. The van der Waals surface area contributed by atoms with Gasteiger partial charge in [-0.05, 0) is 50.5 Å². The third-order valence-corrected chi connectivity index (χ3v) is 5.36. The number of carbonyl (C=O) groups is 1. The van der Waals surface area contributed by atoms with Crippen molar-refractivity contribution in [2.24, 2.45) is 11.3 Å². The zero-order chi connectivity index (χ0) is 19.0. The van der Waals surface area contributed by atoms with E-state index in [1.54, 1.807) is 0 Å². The molecule has 1 fully saturated rings. The highest BCUT2D eigenvalue weighted by Crippen LogP contribution is 2.42. The van der Waals surface area contributed by atoms with Gasteiger partial charge >= 0.3 is 6.09 Å². The second-order valence-electron chi connectivity index (χ2n) is 8.68. The first kappa shape index (κ1) is 20.8. The molecule has 1 saturated carbocycles. The summed E-state index contributed by atoms with van der Waals surface area (Å²) in [6.07, 6.45) is 5.68. The van der Waals surface area contributed by atoms with Crippen molar-refractivity contribution in [3.63, 3.8) is 0 Å². The molecular weight excluding hydrogens is 326 g/mol. The van der Waals surface area contributed by atoms with Gasteiger partial charge in [0.25, 0.3) is 0 Å². The molecule has 1 aliphatic rings. The first-order chi connectivity index (χ1) is 12.3. The predicted molar refractivity (Wildman–Crippen MR) is 105 cm³/mol. The van der Waals surface area contributed by atoms with Crippen LogP contribution in [0.1, 0.15) is 65.4 Å². The summed E-state index contributed by atoms with van der Waals surface area (Å²) in [5.74, 6) is 0.390. The molecular formula is C22H35NO3. The lowest BCUT2D eigenvalue weighted by molar-refractivity contribution is 0.00820. The van der Waals surface area contributed by atoms with Gasteiger partial charge in [0.2, 0.25) is 0 Å². The van der Waals surface area contributed by atoms with E-state index < -0.39 is 5.60 Å². The van der Waals surface area contributed by atoms with E-state index in [4.69, 9.17) is 9.47 Å². The van der Waals surface area contributed by atoms with Crippen LogP contribution in [-0.2, 0) is 16.1 Å². The van der Waals surface area contributed by atoms with E-state index in [0.29, 0.717) is 25.7 Å². The number of nitrogens with one attached hydrogen (secondary N) is 1. The summed E-state index contributed by atoms with van der Waals surface area (Å²) >= 11 is 0. The van der Waals surface area contributed by atoms with E-state index in [0.717, 1.165) is 12.8 Å². The molecule has 0 heterocycles. The summed E-state index contributed by atoms with van der Waals surface area (Å²) in [4.78, 5) is 12.1. The summed E-state index contributed by atoms with van der Waals surface area (Å²) in [5.41, 5.74) is 0.837. The van der Waals surface area contributed by atoms with Gasteiger partial charge in [-0.3, -0.25) is 0 Å².